The van der Waals surface area contributed by atoms with Crippen molar-refractivity contribution in [2.45, 2.75) is 88.9 Å². The molecule has 0 spiro atoms. The van der Waals surface area contributed by atoms with Crippen molar-refractivity contribution in [1.82, 2.24) is 14.8 Å². The fraction of sp³-hybridized carbons (Fsp3) is 0.583. The van der Waals surface area contributed by atoms with Gasteiger partial charge in [-0.25, -0.2) is 0 Å². The van der Waals surface area contributed by atoms with Gasteiger partial charge in [0.2, 0.25) is 5.91 Å². The Kier molecular flexibility index (Phi) is 4.95. The lowest BCUT2D eigenvalue weighted by Crippen LogP contribution is -2.67. The number of carbonyl (C=O) groups is 2. The molecule has 5 rings (SSSR count). The first-order chi connectivity index (χ1) is 14.6. The molecule has 2 saturated carbocycles. The second-order valence-corrected chi connectivity index (χ2v) is 9.36. The summed E-state index contributed by atoms with van der Waals surface area (Å²) in [5.41, 5.74) is 0.596. The summed E-state index contributed by atoms with van der Waals surface area (Å²) in [4.78, 5) is 29.3. The lowest BCUT2D eigenvalue weighted by molar-refractivity contribution is -0.135. The van der Waals surface area contributed by atoms with E-state index in [1.807, 2.05) is 40.7 Å². The van der Waals surface area contributed by atoms with Gasteiger partial charge in [0, 0.05) is 12.1 Å². The Morgan fingerprint density at radius 3 is 2.43 bits per heavy atom. The van der Waals surface area contributed by atoms with Crippen LogP contribution in [0.1, 0.15) is 75.2 Å². The maximum atomic E-state index is 13.7. The molecule has 0 bridgehead atoms. The molecule has 6 heteroatoms. The number of aromatic nitrogens is 1. The summed E-state index contributed by atoms with van der Waals surface area (Å²) in [5, 5.41) is 3.31. The van der Waals surface area contributed by atoms with E-state index in [4.69, 9.17) is 4.42 Å². The number of rotatable bonds is 4. The van der Waals surface area contributed by atoms with Gasteiger partial charge in [-0.05, 0) is 56.9 Å². The summed E-state index contributed by atoms with van der Waals surface area (Å²) >= 11 is 0. The van der Waals surface area contributed by atoms with Crippen molar-refractivity contribution in [2.24, 2.45) is 0 Å². The predicted octanol–water partition coefficient (Wildman–Crippen LogP) is 4.35. The van der Waals surface area contributed by atoms with Crippen molar-refractivity contribution in [1.29, 1.82) is 0 Å². The molecule has 1 atom stereocenters. The maximum Gasteiger partial charge on any atom is 0.271 e. The molecule has 2 aromatic rings. The first-order valence-electron chi connectivity index (χ1n) is 11.5. The Labute approximate surface area is 177 Å². The van der Waals surface area contributed by atoms with Crippen molar-refractivity contribution in [3.8, 4) is 11.5 Å². The van der Waals surface area contributed by atoms with Crippen LogP contribution in [0.4, 0.5) is 0 Å². The Morgan fingerprint density at radius 1 is 1.03 bits per heavy atom. The van der Waals surface area contributed by atoms with Crippen molar-refractivity contribution in [3.63, 3.8) is 0 Å². The van der Waals surface area contributed by atoms with Gasteiger partial charge in [-0.15, -0.1) is 0 Å². The van der Waals surface area contributed by atoms with Crippen LogP contribution in [-0.4, -0.2) is 38.9 Å². The third kappa shape index (κ3) is 3.17. The normalized spacial score (nSPS) is 25.5. The summed E-state index contributed by atoms with van der Waals surface area (Å²) in [5.74, 6) is 0.671. The van der Waals surface area contributed by atoms with Crippen LogP contribution in [0, 0.1) is 0 Å². The van der Waals surface area contributed by atoms with Crippen molar-refractivity contribution >= 4 is 11.8 Å². The van der Waals surface area contributed by atoms with E-state index in [1.165, 1.54) is 6.42 Å². The number of nitrogens with one attached hydrogen (secondary N) is 1. The van der Waals surface area contributed by atoms with Gasteiger partial charge in [0.05, 0.1) is 18.5 Å². The van der Waals surface area contributed by atoms with Gasteiger partial charge in [-0.1, -0.05) is 32.1 Å². The molecule has 1 aliphatic heterocycles. The lowest BCUT2D eigenvalue weighted by atomic mass is 9.89. The molecular formula is C24H31N3O3. The average molecular weight is 410 g/mol. The van der Waals surface area contributed by atoms with E-state index in [0.717, 1.165) is 62.8 Å². The van der Waals surface area contributed by atoms with Gasteiger partial charge in [-0.2, -0.15) is 0 Å². The van der Waals surface area contributed by atoms with Crippen LogP contribution in [0.15, 0.2) is 34.9 Å². The highest BCUT2D eigenvalue weighted by Crippen LogP contribution is 2.38. The first kappa shape index (κ1) is 19.5. The topological polar surface area (TPSA) is 67.5 Å². The van der Waals surface area contributed by atoms with Gasteiger partial charge >= 0.3 is 0 Å². The van der Waals surface area contributed by atoms with Gasteiger partial charge < -0.3 is 19.2 Å². The van der Waals surface area contributed by atoms with Crippen LogP contribution in [0.5, 0.6) is 0 Å². The number of amides is 2. The van der Waals surface area contributed by atoms with Crippen LogP contribution in [0.3, 0.4) is 0 Å². The van der Waals surface area contributed by atoms with Crippen molar-refractivity contribution < 1.29 is 14.0 Å². The molecule has 30 heavy (non-hydrogen) atoms. The third-order valence-electron chi connectivity index (χ3n) is 7.31. The van der Waals surface area contributed by atoms with E-state index in [1.54, 1.807) is 6.26 Å². The zero-order chi connectivity index (χ0) is 20.7. The number of hydrogen-bond donors (Lipinski definition) is 1. The van der Waals surface area contributed by atoms with Gasteiger partial charge in [0.1, 0.15) is 17.0 Å². The van der Waals surface area contributed by atoms with E-state index in [-0.39, 0.29) is 23.9 Å². The highest BCUT2D eigenvalue weighted by Gasteiger charge is 2.51. The van der Waals surface area contributed by atoms with Gasteiger partial charge in [-0.3, -0.25) is 9.59 Å². The molecule has 2 amide bonds. The fourth-order valence-electron chi connectivity index (χ4n) is 5.70. The second-order valence-electron chi connectivity index (χ2n) is 9.36. The summed E-state index contributed by atoms with van der Waals surface area (Å²) < 4.78 is 7.59. The largest absolute Gasteiger partial charge is 0.463 e. The first-order valence-corrected chi connectivity index (χ1v) is 11.5. The molecule has 0 aromatic carbocycles. The summed E-state index contributed by atoms with van der Waals surface area (Å²) in [7, 11) is 0. The van der Waals surface area contributed by atoms with E-state index >= 15 is 0 Å². The number of furan rings is 1. The monoisotopic (exact) mass is 409 g/mol. The molecule has 2 aromatic heterocycles. The second kappa shape index (κ2) is 7.64. The molecule has 0 saturated heterocycles. The van der Waals surface area contributed by atoms with E-state index < -0.39 is 5.54 Å². The summed E-state index contributed by atoms with van der Waals surface area (Å²) in [6.45, 7) is 2.41. The van der Waals surface area contributed by atoms with E-state index in [9.17, 15) is 9.59 Å². The number of fused-ring (bicyclic) bond motifs is 1. The SMILES string of the molecule is C[C@@]1(C(=O)NC2CCCCC2)Cn2c(ccc2-c2ccco2)C(=O)N1C1CCCC1. The fourth-order valence-corrected chi connectivity index (χ4v) is 5.70. The zero-order valence-electron chi connectivity index (χ0n) is 17.7. The molecule has 3 heterocycles. The Hall–Kier alpha value is -2.50. The quantitative estimate of drug-likeness (QED) is 0.816. The molecule has 3 aliphatic rings. The molecule has 0 unspecified atom stereocenters. The third-order valence-corrected chi connectivity index (χ3v) is 7.31. The lowest BCUT2D eigenvalue weighted by Gasteiger charge is -2.48. The molecule has 2 fully saturated rings. The number of carbonyl (C=O) groups excluding carboxylic acids is 2. The summed E-state index contributed by atoms with van der Waals surface area (Å²) in [6, 6.07) is 7.91. The van der Waals surface area contributed by atoms with E-state index in [0.29, 0.717) is 12.2 Å². The van der Waals surface area contributed by atoms with Gasteiger partial charge in [0.25, 0.3) is 5.91 Å². The number of nitrogens with zero attached hydrogens (tertiary/aromatic N) is 2. The van der Waals surface area contributed by atoms with Crippen LogP contribution in [0.25, 0.3) is 11.5 Å². The van der Waals surface area contributed by atoms with Crippen molar-refractivity contribution in [3.05, 3.63) is 36.2 Å². The maximum absolute atomic E-state index is 13.7. The van der Waals surface area contributed by atoms with Crippen molar-refractivity contribution in [2.75, 3.05) is 0 Å². The Bertz CT molecular complexity index is 920. The minimum atomic E-state index is -0.906. The van der Waals surface area contributed by atoms with Crippen LogP contribution < -0.4 is 5.32 Å². The number of hydrogen-bond acceptors (Lipinski definition) is 3. The molecule has 160 valence electrons. The van der Waals surface area contributed by atoms with Crippen LogP contribution in [-0.2, 0) is 11.3 Å². The van der Waals surface area contributed by atoms with Gasteiger partial charge in [0.15, 0.2) is 0 Å². The van der Waals surface area contributed by atoms with E-state index in [2.05, 4.69) is 5.32 Å². The Morgan fingerprint density at radius 2 is 1.73 bits per heavy atom. The molecule has 0 radical (unpaired) electrons. The molecule has 2 aliphatic carbocycles. The van der Waals surface area contributed by atoms with Crippen LogP contribution >= 0.6 is 0 Å². The van der Waals surface area contributed by atoms with Crippen LogP contribution in [0.2, 0.25) is 0 Å². The minimum Gasteiger partial charge on any atom is -0.463 e. The standard InChI is InChI=1S/C24H31N3O3/c1-24(23(29)25-17-8-3-2-4-9-17)16-26-19(21-12-7-15-30-21)13-14-20(26)22(28)27(24)18-10-5-6-11-18/h7,12-15,17-18H,2-6,8-11,16H2,1H3,(H,25,29)/t24-/m0/s1. The zero-order valence-corrected chi connectivity index (χ0v) is 17.7. The summed E-state index contributed by atoms with van der Waals surface area (Å²) in [6.07, 6.45) is 11.5. The molecule has 6 nitrogen and oxygen atoms in total. The predicted molar refractivity (Wildman–Crippen MR) is 114 cm³/mol. The highest BCUT2D eigenvalue weighted by molar-refractivity contribution is 6.00. The highest BCUT2D eigenvalue weighted by atomic mass is 16.3. The molecular weight excluding hydrogens is 378 g/mol. The minimum absolute atomic E-state index is 0.0144. The Balaban J connectivity index is 1.52. The smallest absolute Gasteiger partial charge is 0.271 e. The molecule has 1 N–H and O–H groups in total. The average Bonchev–Trinajstić information content (AvgIpc) is 3.50.